The fraction of sp³-hybridized carbons (Fsp3) is 0.143. The number of rotatable bonds is 15. The lowest BCUT2D eigenvalue weighted by Crippen LogP contribution is -2.71. The maximum atomic E-state index is 14.6. The van der Waals surface area contributed by atoms with Crippen LogP contribution in [0.2, 0.25) is 0 Å². The molecule has 2 atom stereocenters. The molecule has 4 heterocycles. The molecule has 2 aromatic heterocycles. The summed E-state index contributed by atoms with van der Waals surface area (Å²) in [4.78, 5) is 55.0. The second-order valence-corrected chi connectivity index (χ2v) is 17.6. The van der Waals surface area contributed by atoms with Gasteiger partial charge in [0, 0.05) is 18.2 Å². The van der Waals surface area contributed by atoms with E-state index in [1.165, 1.54) is 39.8 Å². The van der Waals surface area contributed by atoms with Crippen molar-refractivity contribution in [2.45, 2.75) is 23.1 Å². The van der Waals surface area contributed by atoms with E-state index < -0.39 is 40.8 Å². The second kappa shape index (κ2) is 19.4. The molecule has 330 valence electrons. The highest BCUT2D eigenvalue weighted by molar-refractivity contribution is 8.00. The van der Waals surface area contributed by atoms with Crippen molar-refractivity contribution < 1.29 is 24.0 Å². The van der Waals surface area contributed by atoms with Crippen LogP contribution in [0.25, 0.3) is 4.91 Å². The van der Waals surface area contributed by atoms with Crippen molar-refractivity contribution in [3.63, 3.8) is 0 Å². The topological polar surface area (TPSA) is 166 Å². The van der Waals surface area contributed by atoms with Crippen LogP contribution in [0, 0.1) is 0 Å². The first-order chi connectivity index (χ1) is 32.3. The molecule has 0 radical (unpaired) electrons. The number of anilines is 1. The minimum atomic E-state index is -1.03. The number of β-lactam (4-membered cyclic amide) rings is 1. The molecule has 2 N–H and O–H groups in total. The molecule has 14 nitrogen and oxygen atoms in total. The van der Waals surface area contributed by atoms with E-state index in [4.69, 9.17) is 14.6 Å². The Morgan fingerprint density at radius 2 is 1.39 bits per heavy atom. The Bertz CT molecular complexity index is 2810. The van der Waals surface area contributed by atoms with Crippen LogP contribution in [0.5, 0.6) is 0 Å². The number of tetrazole rings is 1. The van der Waals surface area contributed by atoms with Gasteiger partial charge in [-0.3, -0.25) is 14.5 Å². The summed E-state index contributed by atoms with van der Waals surface area (Å²) >= 11 is 7.35. The van der Waals surface area contributed by atoms with Crippen LogP contribution >= 0.6 is 35.7 Å². The third-order valence-corrected chi connectivity index (χ3v) is 13.5. The molecule has 2 aliphatic rings. The molecular formula is C49H41N9O5S3. The van der Waals surface area contributed by atoms with Crippen LogP contribution in [0.1, 0.15) is 45.4 Å². The third kappa shape index (κ3) is 8.62. The average molecular weight is 932 g/mol. The second-order valence-electron chi connectivity index (χ2n) is 15.1. The van der Waals surface area contributed by atoms with Crippen LogP contribution in [-0.4, -0.2) is 77.9 Å². The predicted octanol–water partition coefficient (Wildman–Crippen LogP) is 7.38. The normalized spacial score (nSPS) is 16.4. The summed E-state index contributed by atoms with van der Waals surface area (Å²) in [5.74, 6) is -1.33. The Morgan fingerprint density at radius 1 is 0.848 bits per heavy atom. The van der Waals surface area contributed by atoms with E-state index in [0.717, 1.165) is 27.8 Å². The molecule has 2 aliphatic heterocycles. The summed E-state index contributed by atoms with van der Waals surface area (Å²) in [6, 6.07) is 47.9. The summed E-state index contributed by atoms with van der Waals surface area (Å²) in [7, 11) is 3.00. The highest BCUT2D eigenvalue weighted by atomic mass is 32.2. The van der Waals surface area contributed by atoms with Gasteiger partial charge in [-0.15, -0.1) is 40.8 Å². The lowest BCUT2D eigenvalue weighted by Gasteiger charge is -2.49. The zero-order valence-corrected chi connectivity index (χ0v) is 38.0. The van der Waals surface area contributed by atoms with E-state index in [1.54, 1.807) is 18.5 Å². The van der Waals surface area contributed by atoms with Gasteiger partial charge in [-0.2, -0.15) is 0 Å². The lowest BCUT2D eigenvalue weighted by molar-refractivity contribution is -0.154. The molecule has 17 heteroatoms. The molecule has 0 aliphatic carbocycles. The number of thiazole rings is 1. The number of thiol groups is 1. The molecule has 7 aromatic rings. The fourth-order valence-electron chi connectivity index (χ4n) is 8.05. The number of carbonyl (C=O) groups is 3. The van der Waals surface area contributed by atoms with Gasteiger partial charge >= 0.3 is 5.97 Å². The maximum Gasteiger partial charge on any atom is 0.356 e. The SMILES string of the molecule is CON=C(C(=O)NC1C(=O)N2C(C(=O)OC(c3ccccc3)c3ccccc3)=C(C=C(S)c3nnnn3C)CSC12)c1csc(NC(c2ccccc2)(c2ccccc2)c2ccccc2)n1. The van der Waals surface area contributed by atoms with Gasteiger partial charge in [0.05, 0.1) is 4.91 Å². The van der Waals surface area contributed by atoms with Crippen molar-refractivity contribution in [3.8, 4) is 0 Å². The first-order valence-electron chi connectivity index (χ1n) is 20.7. The quantitative estimate of drug-likeness (QED) is 0.0235. The van der Waals surface area contributed by atoms with Crippen LogP contribution in [-0.2, 0) is 36.5 Å². The maximum absolute atomic E-state index is 14.6. The molecule has 1 saturated heterocycles. The van der Waals surface area contributed by atoms with Gasteiger partial charge in [-0.1, -0.05) is 157 Å². The molecule has 66 heavy (non-hydrogen) atoms. The third-order valence-electron chi connectivity index (χ3n) is 11.1. The summed E-state index contributed by atoms with van der Waals surface area (Å²) in [6.45, 7) is 0. The number of hydrogen-bond acceptors (Lipinski definition) is 14. The smallest absolute Gasteiger partial charge is 0.356 e. The number of oxime groups is 1. The van der Waals surface area contributed by atoms with Crippen molar-refractivity contribution in [2.24, 2.45) is 12.2 Å². The molecule has 1 fully saturated rings. The minimum Gasteiger partial charge on any atom is -0.448 e. The Balaban J connectivity index is 1.00. The van der Waals surface area contributed by atoms with Gasteiger partial charge in [0.1, 0.15) is 35.5 Å². The van der Waals surface area contributed by atoms with Gasteiger partial charge in [0.15, 0.2) is 22.8 Å². The van der Waals surface area contributed by atoms with Crippen LogP contribution in [0.15, 0.2) is 180 Å². The lowest BCUT2D eigenvalue weighted by atomic mass is 9.77. The monoisotopic (exact) mass is 931 g/mol. The standard InChI is InChI=1S/C49H41N9O5S3/c1-57-43(53-55-56-57)38(64)28-33-29-65-46-40(45(60)58(46)41(33)47(61)63-42(31-18-8-3-9-19-31)32-20-10-4-11-21-32)51-44(59)39(54-62-2)37-30-66-48(50-37)52-49(34-22-12-5-13-23-34,35-24-14-6-15-25-35)36-26-16-7-17-27-36/h3-28,30,40,42,46,64H,29H2,1-2H3,(H,50,52)(H,51,59). The Labute approximate surface area is 393 Å². The van der Waals surface area contributed by atoms with Crippen molar-refractivity contribution >= 4 is 69.3 Å². The summed E-state index contributed by atoms with van der Waals surface area (Å²) in [5, 5.41) is 23.9. The number of nitrogens with one attached hydrogen (secondary N) is 2. The van der Waals surface area contributed by atoms with Gasteiger partial charge < -0.3 is 20.2 Å². The number of allylic oxidation sites excluding steroid dienone is 1. The average Bonchev–Trinajstić information content (AvgIpc) is 4.03. The predicted molar refractivity (Wildman–Crippen MR) is 257 cm³/mol. The van der Waals surface area contributed by atoms with E-state index in [0.29, 0.717) is 21.4 Å². The molecular weight excluding hydrogens is 891 g/mol. The Hall–Kier alpha value is -7.34. The number of carbonyl (C=O) groups excluding carboxylic acids is 3. The molecule has 2 unspecified atom stereocenters. The van der Waals surface area contributed by atoms with Crippen molar-refractivity contribution in [1.29, 1.82) is 0 Å². The van der Waals surface area contributed by atoms with E-state index in [9.17, 15) is 14.4 Å². The van der Waals surface area contributed by atoms with E-state index in [-0.39, 0.29) is 22.9 Å². The zero-order valence-electron chi connectivity index (χ0n) is 35.5. The van der Waals surface area contributed by atoms with Gasteiger partial charge in [-0.25, -0.2) is 14.5 Å². The molecule has 0 bridgehead atoms. The van der Waals surface area contributed by atoms with E-state index >= 15 is 0 Å². The van der Waals surface area contributed by atoms with Crippen LogP contribution in [0.4, 0.5) is 5.13 Å². The molecule has 0 spiro atoms. The summed E-state index contributed by atoms with van der Waals surface area (Å²) < 4.78 is 7.77. The van der Waals surface area contributed by atoms with Crippen LogP contribution in [0.3, 0.4) is 0 Å². The molecule has 9 rings (SSSR count). The molecule has 0 saturated carbocycles. The first-order valence-corrected chi connectivity index (χ1v) is 23.1. The van der Waals surface area contributed by atoms with E-state index in [1.807, 2.05) is 115 Å². The zero-order chi connectivity index (χ0) is 45.6. The van der Waals surface area contributed by atoms with Crippen molar-refractivity contribution in [2.75, 3.05) is 18.2 Å². The Kier molecular flexibility index (Phi) is 12.9. The number of amides is 2. The number of thioether (sulfide) groups is 1. The van der Waals surface area contributed by atoms with Gasteiger partial charge in [-0.05, 0) is 49.9 Å². The van der Waals surface area contributed by atoms with Crippen molar-refractivity contribution in [1.82, 2.24) is 35.4 Å². The number of aromatic nitrogens is 5. The summed E-state index contributed by atoms with van der Waals surface area (Å²) in [6.07, 6.45) is 0.868. The fourth-order valence-corrected chi connectivity index (χ4v) is 10.5. The number of nitrogens with zero attached hydrogens (tertiary/aromatic N) is 7. The highest BCUT2D eigenvalue weighted by Gasteiger charge is 2.55. The summed E-state index contributed by atoms with van der Waals surface area (Å²) in [5.41, 5.74) is 4.12. The van der Waals surface area contributed by atoms with Crippen LogP contribution < -0.4 is 10.6 Å². The highest BCUT2D eigenvalue weighted by Crippen LogP contribution is 2.44. The number of fused-ring (bicyclic) bond motifs is 1. The molecule has 5 aromatic carbocycles. The first kappa shape index (κ1) is 43.9. The van der Waals surface area contributed by atoms with Gasteiger partial charge in [0.25, 0.3) is 11.8 Å². The number of hydrogen-bond donors (Lipinski definition) is 3. The number of esters is 1. The Morgan fingerprint density at radius 3 is 1.91 bits per heavy atom. The number of aryl methyl sites for hydroxylation is 1. The molecule has 2 amide bonds. The van der Waals surface area contributed by atoms with E-state index in [2.05, 4.69) is 80.3 Å². The number of ether oxygens (including phenoxy) is 1. The minimum absolute atomic E-state index is 0.0209. The van der Waals surface area contributed by atoms with Gasteiger partial charge in [0.2, 0.25) is 0 Å². The number of benzene rings is 5. The van der Waals surface area contributed by atoms with Crippen molar-refractivity contribution in [3.05, 3.63) is 214 Å². The largest absolute Gasteiger partial charge is 0.448 e.